The Labute approximate surface area is 131 Å². The van der Waals surface area contributed by atoms with Crippen LogP contribution in [0.5, 0.6) is 0 Å². The van der Waals surface area contributed by atoms with E-state index in [9.17, 15) is 4.79 Å². The lowest BCUT2D eigenvalue weighted by atomic mass is 10.1. The van der Waals surface area contributed by atoms with Gasteiger partial charge in [0.2, 0.25) is 0 Å². The Kier molecular flexibility index (Phi) is 5.20. The van der Waals surface area contributed by atoms with Crippen LogP contribution >= 0.6 is 0 Å². The van der Waals surface area contributed by atoms with Crippen LogP contribution < -0.4 is 5.73 Å². The molecule has 0 spiro atoms. The van der Waals surface area contributed by atoms with Gasteiger partial charge in [0.1, 0.15) is 0 Å². The van der Waals surface area contributed by atoms with Crippen molar-refractivity contribution in [1.82, 2.24) is 9.78 Å². The fraction of sp³-hybridized carbons (Fsp3) is 0.412. The van der Waals surface area contributed by atoms with Gasteiger partial charge in [-0.15, -0.1) is 0 Å². The number of carbonyl (C=O) groups is 1. The average molecular weight is 301 g/mol. The van der Waals surface area contributed by atoms with Gasteiger partial charge < -0.3 is 10.5 Å². The minimum absolute atomic E-state index is 0.160. The van der Waals surface area contributed by atoms with Gasteiger partial charge in [-0.05, 0) is 50.5 Å². The molecule has 0 saturated carbocycles. The van der Waals surface area contributed by atoms with Crippen molar-refractivity contribution in [1.29, 1.82) is 0 Å². The molecule has 1 aromatic heterocycles. The van der Waals surface area contributed by atoms with Crippen LogP contribution in [0.1, 0.15) is 35.9 Å². The number of carbonyl (C=O) groups excluding carboxylic acids is 1. The Morgan fingerprint density at radius 1 is 1.27 bits per heavy atom. The summed E-state index contributed by atoms with van der Waals surface area (Å²) in [5.41, 5.74) is 10.8. The number of anilines is 1. The third-order valence-corrected chi connectivity index (χ3v) is 3.73. The zero-order chi connectivity index (χ0) is 16.1. The van der Waals surface area contributed by atoms with E-state index in [2.05, 4.69) is 5.10 Å². The summed E-state index contributed by atoms with van der Waals surface area (Å²) in [7, 11) is 0. The molecule has 0 fully saturated rings. The number of aryl methyl sites for hydroxylation is 1. The lowest BCUT2D eigenvalue weighted by Gasteiger charge is -2.06. The molecule has 0 saturated heterocycles. The molecule has 5 nitrogen and oxygen atoms in total. The van der Waals surface area contributed by atoms with Gasteiger partial charge in [0.25, 0.3) is 0 Å². The molecule has 0 unspecified atom stereocenters. The number of nitrogens with two attached hydrogens (primary N) is 1. The number of nitrogens with zero attached hydrogens (tertiary/aromatic N) is 2. The molecule has 0 aliphatic rings. The lowest BCUT2D eigenvalue weighted by Crippen LogP contribution is -2.07. The molecule has 0 aliphatic heterocycles. The van der Waals surface area contributed by atoms with Gasteiger partial charge in [-0.1, -0.05) is 12.1 Å². The van der Waals surface area contributed by atoms with Gasteiger partial charge in [0.15, 0.2) is 0 Å². The normalized spacial score (nSPS) is 10.7. The third kappa shape index (κ3) is 3.87. The summed E-state index contributed by atoms with van der Waals surface area (Å²) in [6.07, 6.45) is 1.06. The smallest absolute Gasteiger partial charge is 0.306 e. The topological polar surface area (TPSA) is 70.1 Å². The van der Waals surface area contributed by atoms with Crippen LogP contribution in [0.2, 0.25) is 0 Å². The number of benzene rings is 1. The van der Waals surface area contributed by atoms with E-state index in [4.69, 9.17) is 10.5 Å². The Balaban J connectivity index is 2.09. The van der Waals surface area contributed by atoms with Crippen molar-refractivity contribution in [2.24, 2.45) is 0 Å². The minimum atomic E-state index is -0.160. The molecule has 0 atom stereocenters. The van der Waals surface area contributed by atoms with E-state index in [1.807, 2.05) is 49.7 Å². The Morgan fingerprint density at radius 2 is 1.95 bits per heavy atom. The number of esters is 1. The molecule has 2 rings (SSSR count). The number of nitrogen functional groups attached to an aromatic ring is 1. The van der Waals surface area contributed by atoms with Crippen LogP contribution in [0.15, 0.2) is 24.3 Å². The van der Waals surface area contributed by atoms with Gasteiger partial charge in [0.05, 0.1) is 18.8 Å². The number of aromatic nitrogens is 2. The second-order valence-electron chi connectivity index (χ2n) is 5.35. The maximum atomic E-state index is 11.5. The highest BCUT2D eigenvalue weighted by Gasteiger charge is 2.13. The van der Waals surface area contributed by atoms with Crippen molar-refractivity contribution >= 4 is 11.7 Å². The first kappa shape index (κ1) is 16.1. The lowest BCUT2D eigenvalue weighted by molar-refractivity contribution is -0.143. The van der Waals surface area contributed by atoms with E-state index in [1.54, 1.807) is 0 Å². The minimum Gasteiger partial charge on any atom is -0.466 e. The van der Waals surface area contributed by atoms with Gasteiger partial charge in [0, 0.05) is 17.8 Å². The molecular weight excluding hydrogens is 278 g/mol. The maximum Gasteiger partial charge on any atom is 0.306 e. The second kappa shape index (κ2) is 7.11. The molecule has 22 heavy (non-hydrogen) atoms. The monoisotopic (exact) mass is 301 g/mol. The molecule has 1 aromatic carbocycles. The predicted molar refractivity (Wildman–Crippen MR) is 86.6 cm³/mol. The van der Waals surface area contributed by atoms with Crippen LogP contribution in [-0.2, 0) is 22.5 Å². The Bertz CT molecular complexity index is 645. The van der Waals surface area contributed by atoms with Crippen LogP contribution in [0.4, 0.5) is 5.69 Å². The number of rotatable bonds is 6. The molecule has 118 valence electrons. The Hall–Kier alpha value is -2.30. The van der Waals surface area contributed by atoms with Gasteiger partial charge in [-0.3, -0.25) is 9.48 Å². The maximum absolute atomic E-state index is 11.5. The number of hydrogen-bond donors (Lipinski definition) is 1. The summed E-state index contributed by atoms with van der Waals surface area (Å²) < 4.78 is 6.95. The van der Waals surface area contributed by atoms with E-state index in [0.717, 1.165) is 28.2 Å². The highest BCUT2D eigenvalue weighted by Crippen LogP contribution is 2.17. The molecule has 2 aromatic rings. The van der Waals surface area contributed by atoms with E-state index in [1.165, 1.54) is 0 Å². The third-order valence-electron chi connectivity index (χ3n) is 3.73. The summed E-state index contributed by atoms with van der Waals surface area (Å²) in [5.74, 6) is -0.160. The van der Waals surface area contributed by atoms with Crippen LogP contribution in [0, 0.1) is 13.8 Å². The molecular formula is C17H23N3O2. The van der Waals surface area contributed by atoms with Crippen molar-refractivity contribution in [3.8, 4) is 0 Å². The molecule has 0 radical (unpaired) electrons. The first-order valence-corrected chi connectivity index (χ1v) is 7.54. The van der Waals surface area contributed by atoms with Crippen molar-refractivity contribution in [2.45, 2.75) is 40.2 Å². The number of ether oxygens (including phenoxy) is 1. The Morgan fingerprint density at radius 3 is 2.59 bits per heavy atom. The zero-order valence-corrected chi connectivity index (χ0v) is 13.4. The SMILES string of the molecule is CCOC(=O)CCc1c(C)nn(Cc2ccc(N)cc2)c1C. The van der Waals surface area contributed by atoms with Crippen molar-refractivity contribution < 1.29 is 9.53 Å². The summed E-state index contributed by atoms with van der Waals surface area (Å²) in [6.45, 7) is 6.96. The van der Waals surface area contributed by atoms with Crippen LogP contribution in [0.3, 0.4) is 0 Å². The average Bonchev–Trinajstić information content (AvgIpc) is 2.74. The van der Waals surface area contributed by atoms with Gasteiger partial charge in [-0.2, -0.15) is 5.10 Å². The quantitative estimate of drug-likeness (QED) is 0.657. The first-order chi connectivity index (χ1) is 10.5. The first-order valence-electron chi connectivity index (χ1n) is 7.54. The summed E-state index contributed by atoms with van der Waals surface area (Å²) in [5, 5.41) is 4.59. The summed E-state index contributed by atoms with van der Waals surface area (Å²) in [6, 6.07) is 7.79. The largest absolute Gasteiger partial charge is 0.466 e. The molecule has 0 amide bonds. The second-order valence-corrected chi connectivity index (χ2v) is 5.35. The van der Waals surface area contributed by atoms with Crippen molar-refractivity contribution in [2.75, 3.05) is 12.3 Å². The highest BCUT2D eigenvalue weighted by molar-refractivity contribution is 5.69. The summed E-state index contributed by atoms with van der Waals surface area (Å²) in [4.78, 5) is 11.5. The number of hydrogen-bond acceptors (Lipinski definition) is 4. The molecule has 0 aliphatic carbocycles. The molecule has 1 heterocycles. The van der Waals surface area contributed by atoms with Crippen LogP contribution in [0.25, 0.3) is 0 Å². The van der Waals surface area contributed by atoms with E-state index in [-0.39, 0.29) is 5.97 Å². The van der Waals surface area contributed by atoms with Gasteiger partial charge in [-0.25, -0.2) is 0 Å². The fourth-order valence-corrected chi connectivity index (χ4v) is 2.51. The van der Waals surface area contributed by atoms with Crippen molar-refractivity contribution in [3.63, 3.8) is 0 Å². The highest BCUT2D eigenvalue weighted by atomic mass is 16.5. The predicted octanol–water partition coefficient (Wildman–Crippen LogP) is 2.63. The van der Waals surface area contributed by atoms with Crippen molar-refractivity contribution in [3.05, 3.63) is 46.8 Å². The van der Waals surface area contributed by atoms with E-state index >= 15 is 0 Å². The molecule has 2 N–H and O–H groups in total. The fourth-order valence-electron chi connectivity index (χ4n) is 2.51. The molecule has 5 heteroatoms. The van der Waals surface area contributed by atoms with Gasteiger partial charge >= 0.3 is 5.97 Å². The zero-order valence-electron chi connectivity index (χ0n) is 13.4. The summed E-state index contributed by atoms with van der Waals surface area (Å²) >= 11 is 0. The van der Waals surface area contributed by atoms with E-state index < -0.39 is 0 Å². The van der Waals surface area contributed by atoms with Crippen LogP contribution in [-0.4, -0.2) is 22.4 Å². The van der Waals surface area contributed by atoms with E-state index in [0.29, 0.717) is 26.0 Å². The standard InChI is InChI=1S/C17H23N3O2/c1-4-22-17(21)10-9-16-12(2)19-20(13(16)3)11-14-5-7-15(18)8-6-14/h5-8H,4,9-11,18H2,1-3H3. The molecule has 0 bridgehead atoms.